The summed E-state index contributed by atoms with van der Waals surface area (Å²) in [6.07, 6.45) is 0. The van der Waals surface area contributed by atoms with Gasteiger partial charge in [-0.25, -0.2) is 8.42 Å². The third kappa shape index (κ3) is 2.97. The van der Waals surface area contributed by atoms with Crippen molar-refractivity contribution in [1.82, 2.24) is 9.21 Å². The number of likely N-dealkylation sites (N-methyl/N-ethyl adjacent to an activating group) is 1. The number of amides is 1. The Balaban J connectivity index is 2.01. The van der Waals surface area contributed by atoms with Crippen molar-refractivity contribution in [2.24, 2.45) is 0 Å². The van der Waals surface area contributed by atoms with E-state index in [1.807, 2.05) is 0 Å². The van der Waals surface area contributed by atoms with Gasteiger partial charge in [-0.15, -0.1) is 0 Å². The van der Waals surface area contributed by atoms with Crippen LogP contribution >= 0.6 is 0 Å². The van der Waals surface area contributed by atoms with Crippen LogP contribution in [-0.4, -0.2) is 66.0 Å². The van der Waals surface area contributed by atoms with Gasteiger partial charge >= 0.3 is 5.97 Å². The number of rotatable bonds is 5. The molecule has 1 aromatic carbocycles. The van der Waals surface area contributed by atoms with E-state index in [1.165, 1.54) is 18.9 Å². The molecule has 1 saturated heterocycles. The maximum atomic E-state index is 12.3. The predicted octanol–water partition coefficient (Wildman–Crippen LogP) is 0.246. The van der Waals surface area contributed by atoms with Gasteiger partial charge in [0, 0.05) is 25.7 Å². The Morgan fingerprint density at radius 2 is 1.82 bits per heavy atom. The first-order valence-corrected chi connectivity index (χ1v) is 8.29. The molecule has 1 aromatic rings. The zero-order valence-corrected chi connectivity index (χ0v) is 13.2. The number of hydrogen-bond donors (Lipinski definition) is 1. The van der Waals surface area contributed by atoms with Crippen molar-refractivity contribution in [3.63, 3.8) is 0 Å². The molecule has 1 unspecified atom stereocenters. The highest BCUT2D eigenvalue weighted by atomic mass is 32.2. The van der Waals surface area contributed by atoms with E-state index in [4.69, 9.17) is 5.11 Å². The summed E-state index contributed by atoms with van der Waals surface area (Å²) in [6.45, 7) is 1.46. The summed E-state index contributed by atoms with van der Waals surface area (Å²) < 4.78 is 25.4. The maximum absolute atomic E-state index is 12.3. The van der Waals surface area contributed by atoms with Crippen LogP contribution in [0.4, 0.5) is 0 Å². The highest BCUT2D eigenvalue weighted by Gasteiger charge is 2.43. The van der Waals surface area contributed by atoms with Crippen LogP contribution < -0.4 is 0 Å². The predicted molar refractivity (Wildman–Crippen MR) is 79.9 cm³/mol. The molecule has 0 aliphatic carbocycles. The third-order valence-electron chi connectivity index (χ3n) is 3.88. The van der Waals surface area contributed by atoms with Crippen molar-refractivity contribution in [2.75, 3.05) is 20.1 Å². The first kappa shape index (κ1) is 16.4. The first-order chi connectivity index (χ1) is 10.2. The van der Waals surface area contributed by atoms with Crippen LogP contribution in [-0.2, 0) is 14.8 Å². The SMILES string of the molecule is CC(C(=O)O)N(C)S(=O)(=O)C1CN(C(=O)c2ccccc2)C1. The molecule has 1 N–H and O–H groups in total. The van der Waals surface area contributed by atoms with Crippen molar-refractivity contribution in [2.45, 2.75) is 18.2 Å². The molecule has 1 heterocycles. The van der Waals surface area contributed by atoms with Gasteiger partial charge in [-0.3, -0.25) is 9.59 Å². The number of hydrogen-bond acceptors (Lipinski definition) is 4. The van der Waals surface area contributed by atoms with Gasteiger partial charge in [0.15, 0.2) is 0 Å². The van der Waals surface area contributed by atoms with E-state index in [1.54, 1.807) is 30.3 Å². The Kier molecular flexibility index (Phi) is 4.52. The monoisotopic (exact) mass is 326 g/mol. The van der Waals surface area contributed by atoms with Gasteiger partial charge in [0.2, 0.25) is 10.0 Å². The summed E-state index contributed by atoms with van der Waals surface area (Å²) in [4.78, 5) is 24.5. The van der Waals surface area contributed by atoms with Crippen molar-refractivity contribution in [1.29, 1.82) is 0 Å². The van der Waals surface area contributed by atoms with E-state index in [9.17, 15) is 18.0 Å². The molecule has 0 spiro atoms. The van der Waals surface area contributed by atoms with E-state index >= 15 is 0 Å². The molecule has 120 valence electrons. The molecule has 8 heteroatoms. The maximum Gasteiger partial charge on any atom is 0.321 e. The van der Waals surface area contributed by atoms with Crippen LogP contribution in [0, 0.1) is 0 Å². The number of benzene rings is 1. The average Bonchev–Trinajstić information content (AvgIpc) is 2.44. The lowest BCUT2D eigenvalue weighted by molar-refractivity contribution is -0.140. The molecular weight excluding hydrogens is 308 g/mol. The Hall–Kier alpha value is -1.93. The number of nitrogens with zero attached hydrogens (tertiary/aromatic N) is 2. The fraction of sp³-hybridized carbons (Fsp3) is 0.429. The van der Waals surface area contributed by atoms with E-state index in [-0.39, 0.29) is 19.0 Å². The van der Waals surface area contributed by atoms with E-state index in [0.717, 1.165) is 4.31 Å². The number of carbonyl (C=O) groups excluding carboxylic acids is 1. The fourth-order valence-corrected chi connectivity index (χ4v) is 3.90. The third-order valence-corrected chi connectivity index (χ3v) is 6.14. The lowest BCUT2D eigenvalue weighted by Crippen LogP contribution is -2.60. The molecule has 2 rings (SSSR count). The first-order valence-electron chi connectivity index (χ1n) is 6.79. The second kappa shape index (κ2) is 6.05. The van der Waals surface area contributed by atoms with Crippen LogP contribution in [0.5, 0.6) is 0 Å². The molecule has 0 aromatic heterocycles. The molecule has 1 fully saturated rings. The fourth-order valence-electron chi connectivity index (χ4n) is 2.17. The highest BCUT2D eigenvalue weighted by Crippen LogP contribution is 2.22. The smallest absolute Gasteiger partial charge is 0.321 e. The normalized spacial score (nSPS) is 17.1. The van der Waals surface area contributed by atoms with Crippen molar-refractivity contribution >= 4 is 21.9 Å². The minimum absolute atomic E-state index is 0.0761. The summed E-state index contributed by atoms with van der Waals surface area (Å²) in [5.41, 5.74) is 0.505. The van der Waals surface area contributed by atoms with Gasteiger partial charge in [0.05, 0.1) is 0 Å². The second-order valence-electron chi connectivity index (χ2n) is 5.27. The molecule has 1 aliphatic heterocycles. The van der Waals surface area contributed by atoms with Gasteiger partial charge in [0.25, 0.3) is 5.91 Å². The molecule has 0 radical (unpaired) electrons. The lowest BCUT2D eigenvalue weighted by Gasteiger charge is -2.40. The number of carboxylic acids is 1. The zero-order chi connectivity index (χ0) is 16.5. The minimum Gasteiger partial charge on any atom is -0.480 e. The topological polar surface area (TPSA) is 95.0 Å². The molecule has 0 saturated carbocycles. The molecule has 1 aliphatic rings. The number of carboxylic acid groups (broad SMARTS) is 1. The standard InChI is InChI=1S/C14H18N2O5S/c1-10(14(18)19)15(2)22(20,21)12-8-16(9-12)13(17)11-6-4-3-5-7-11/h3-7,10,12H,8-9H2,1-2H3,(H,18,19). The number of aliphatic carboxylic acids is 1. The zero-order valence-electron chi connectivity index (χ0n) is 12.3. The van der Waals surface area contributed by atoms with Crippen molar-refractivity contribution in [3.8, 4) is 0 Å². The Bertz CT molecular complexity index is 668. The van der Waals surface area contributed by atoms with Crippen molar-refractivity contribution < 1.29 is 23.1 Å². The molecule has 22 heavy (non-hydrogen) atoms. The number of likely N-dealkylation sites (tertiary alicyclic amines) is 1. The lowest BCUT2D eigenvalue weighted by atomic mass is 10.1. The van der Waals surface area contributed by atoms with Crippen molar-refractivity contribution in [3.05, 3.63) is 35.9 Å². The second-order valence-corrected chi connectivity index (χ2v) is 7.55. The molecule has 1 atom stereocenters. The van der Waals surface area contributed by atoms with Gasteiger partial charge < -0.3 is 10.0 Å². The Labute approximate surface area is 129 Å². The summed E-state index contributed by atoms with van der Waals surface area (Å²) >= 11 is 0. The quantitative estimate of drug-likeness (QED) is 0.837. The van der Waals surface area contributed by atoms with Gasteiger partial charge in [0.1, 0.15) is 11.3 Å². The van der Waals surface area contributed by atoms with Crippen LogP contribution in [0.3, 0.4) is 0 Å². The van der Waals surface area contributed by atoms with Gasteiger partial charge in [-0.1, -0.05) is 18.2 Å². The molecule has 1 amide bonds. The average molecular weight is 326 g/mol. The Morgan fingerprint density at radius 3 is 2.32 bits per heavy atom. The van der Waals surface area contributed by atoms with Crippen LogP contribution in [0.15, 0.2) is 30.3 Å². The molecular formula is C14H18N2O5S. The van der Waals surface area contributed by atoms with E-state index in [0.29, 0.717) is 5.56 Å². The molecule has 7 nitrogen and oxygen atoms in total. The summed E-state index contributed by atoms with van der Waals surface area (Å²) in [5, 5.41) is 8.15. The number of sulfonamides is 1. The van der Waals surface area contributed by atoms with E-state index < -0.39 is 27.3 Å². The number of carbonyl (C=O) groups is 2. The summed E-state index contributed by atoms with van der Waals surface area (Å²) in [7, 11) is -2.49. The van der Waals surface area contributed by atoms with Gasteiger partial charge in [-0.05, 0) is 19.1 Å². The summed E-state index contributed by atoms with van der Waals surface area (Å²) in [6, 6.07) is 7.48. The van der Waals surface area contributed by atoms with Crippen LogP contribution in [0.2, 0.25) is 0 Å². The molecule has 0 bridgehead atoms. The van der Waals surface area contributed by atoms with Gasteiger partial charge in [-0.2, -0.15) is 4.31 Å². The largest absolute Gasteiger partial charge is 0.480 e. The summed E-state index contributed by atoms with van der Waals surface area (Å²) in [5.74, 6) is -1.43. The van der Waals surface area contributed by atoms with E-state index in [2.05, 4.69) is 0 Å². The van der Waals surface area contributed by atoms with Crippen LogP contribution in [0.25, 0.3) is 0 Å². The Morgan fingerprint density at radius 1 is 1.27 bits per heavy atom. The minimum atomic E-state index is -3.74. The van der Waals surface area contributed by atoms with Crippen LogP contribution in [0.1, 0.15) is 17.3 Å². The highest BCUT2D eigenvalue weighted by molar-refractivity contribution is 7.89.